The van der Waals surface area contributed by atoms with Crippen molar-refractivity contribution in [1.29, 1.82) is 0 Å². The van der Waals surface area contributed by atoms with E-state index in [4.69, 9.17) is 27.1 Å². The molecule has 0 fully saturated rings. The number of rotatable bonds is 10. The molecule has 0 aromatic heterocycles. The summed E-state index contributed by atoms with van der Waals surface area (Å²) in [6.45, 7) is 17.3. The van der Waals surface area contributed by atoms with E-state index in [1.807, 2.05) is 0 Å². The Balaban J connectivity index is 0.000000304. The molecule has 4 aromatic carbocycles. The van der Waals surface area contributed by atoms with Crippen LogP contribution in [0.2, 0.25) is 0 Å². The highest BCUT2D eigenvalue weighted by molar-refractivity contribution is 7.44. The maximum absolute atomic E-state index is 7.83. The maximum atomic E-state index is 7.83. The zero-order valence-corrected chi connectivity index (χ0v) is 30.2. The SMILES string of the molecule is CCc1cc(-c2cc(CC)c(N)c(CC)c2)cc(CC)c1N.CCc1cc(-c2cc(CC)c(N)c(CC)c2)cc(CC)c1N.O=S. The lowest BCUT2D eigenvalue weighted by atomic mass is 9.92. The average Bonchev–Trinajstić information content (AvgIpc) is 3.09. The van der Waals surface area contributed by atoms with Gasteiger partial charge in [0.05, 0.1) is 0 Å². The van der Waals surface area contributed by atoms with E-state index in [-0.39, 0.29) is 0 Å². The Morgan fingerprint density at radius 3 is 0.522 bits per heavy atom. The normalized spacial score (nSPS) is 10.5. The maximum Gasteiger partial charge on any atom is 0.197 e. The molecule has 0 atom stereocenters. The lowest BCUT2D eigenvalue weighted by molar-refractivity contribution is 0.702. The van der Waals surface area contributed by atoms with Crippen LogP contribution >= 0.6 is 0 Å². The van der Waals surface area contributed by atoms with Gasteiger partial charge in [0.25, 0.3) is 0 Å². The summed E-state index contributed by atoms with van der Waals surface area (Å²) >= 11 is 2.83. The van der Waals surface area contributed by atoms with Crippen LogP contribution in [0.15, 0.2) is 48.5 Å². The minimum absolute atomic E-state index is 0.954. The fraction of sp³-hybridized carbons (Fsp3) is 0.400. The van der Waals surface area contributed by atoms with Crippen LogP contribution in [-0.4, -0.2) is 4.21 Å². The molecule has 5 nitrogen and oxygen atoms in total. The number of hydrogen-bond donors (Lipinski definition) is 4. The Morgan fingerprint density at radius 1 is 0.326 bits per heavy atom. The Labute approximate surface area is 283 Å². The van der Waals surface area contributed by atoms with Crippen LogP contribution in [0.25, 0.3) is 22.3 Å². The summed E-state index contributed by atoms with van der Waals surface area (Å²) in [6, 6.07) is 17.9. The van der Waals surface area contributed by atoms with Gasteiger partial charge in [0.15, 0.2) is 12.5 Å². The van der Waals surface area contributed by atoms with E-state index >= 15 is 0 Å². The number of aryl methyl sites for hydroxylation is 8. The predicted molar refractivity (Wildman–Crippen MR) is 205 cm³/mol. The van der Waals surface area contributed by atoms with E-state index < -0.39 is 0 Å². The van der Waals surface area contributed by atoms with Crippen molar-refractivity contribution in [3.63, 3.8) is 0 Å². The predicted octanol–water partition coefficient (Wildman–Crippen LogP) is 9.20. The third kappa shape index (κ3) is 8.67. The summed E-state index contributed by atoms with van der Waals surface area (Å²) in [5.41, 5.74) is 43.8. The van der Waals surface area contributed by atoms with Crippen molar-refractivity contribution >= 4 is 35.3 Å². The van der Waals surface area contributed by atoms with Gasteiger partial charge in [0.2, 0.25) is 0 Å². The molecular weight excluding hydrogens is 585 g/mol. The van der Waals surface area contributed by atoms with Crippen LogP contribution < -0.4 is 22.9 Å². The number of nitrogens with two attached hydrogens (primary N) is 4. The molecule has 0 aliphatic heterocycles. The van der Waals surface area contributed by atoms with Crippen molar-refractivity contribution in [3.05, 3.63) is 93.0 Å². The van der Waals surface area contributed by atoms with Gasteiger partial charge in [-0.2, -0.15) is 4.21 Å². The summed E-state index contributed by atoms with van der Waals surface area (Å²) in [5, 5.41) is 0. The standard InChI is InChI=1S/2C20H28N2.OS/c2*1-5-13-9-17(10-14(6-2)19(13)21)18-11-15(7-3)20(22)16(8-4)12-18;1-2/h2*9-12H,5-8,21-22H2,1-4H3;. The van der Waals surface area contributed by atoms with E-state index in [1.165, 1.54) is 66.8 Å². The molecule has 0 spiro atoms. The average molecular weight is 641 g/mol. The van der Waals surface area contributed by atoms with Gasteiger partial charge in [-0.15, -0.1) is 0 Å². The van der Waals surface area contributed by atoms with Gasteiger partial charge in [-0.05, 0) is 167 Å². The smallest absolute Gasteiger partial charge is 0.197 e. The van der Waals surface area contributed by atoms with E-state index in [0.29, 0.717) is 0 Å². The second-order valence-electron chi connectivity index (χ2n) is 11.7. The molecule has 0 saturated heterocycles. The second-order valence-corrected chi connectivity index (χ2v) is 11.7. The van der Waals surface area contributed by atoms with Gasteiger partial charge in [0.1, 0.15) is 0 Å². The molecule has 0 aliphatic carbocycles. The molecule has 0 unspecified atom stereocenters. The Kier molecular flexibility index (Phi) is 15.2. The van der Waals surface area contributed by atoms with Crippen LogP contribution in [-0.2, 0) is 63.9 Å². The van der Waals surface area contributed by atoms with Crippen molar-refractivity contribution in [1.82, 2.24) is 0 Å². The van der Waals surface area contributed by atoms with Gasteiger partial charge in [-0.25, -0.2) is 0 Å². The van der Waals surface area contributed by atoms with E-state index in [9.17, 15) is 0 Å². The first-order valence-corrected chi connectivity index (χ1v) is 17.3. The Hall–Kier alpha value is -3.90. The minimum Gasteiger partial charge on any atom is -0.398 e. The lowest BCUT2D eigenvalue weighted by Crippen LogP contribution is -2.02. The van der Waals surface area contributed by atoms with Crippen LogP contribution in [0.4, 0.5) is 22.7 Å². The first kappa shape index (κ1) is 38.3. The van der Waals surface area contributed by atoms with Crippen LogP contribution in [0.1, 0.15) is 99.9 Å². The van der Waals surface area contributed by atoms with E-state index in [1.54, 1.807) is 0 Å². The van der Waals surface area contributed by atoms with Gasteiger partial charge >= 0.3 is 0 Å². The zero-order valence-electron chi connectivity index (χ0n) is 29.4. The van der Waals surface area contributed by atoms with Crippen LogP contribution in [0, 0.1) is 0 Å². The first-order chi connectivity index (χ1) is 22.1. The monoisotopic (exact) mass is 640 g/mol. The van der Waals surface area contributed by atoms with Gasteiger partial charge in [0, 0.05) is 22.7 Å². The lowest BCUT2D eigenvalue weighted by Gasteiger charge is -2.16. The molecule has 0 radical (unpaired) electrons. The largest absolute Gasteiger partial charge is 0.398 e. The molecular formula is C40H56N4OS. The molecule has 0 heterocycles. The summed E-state index contributed by atoms with van der Waals surface area (Å²) in [6.07, 6.45) is 7.69. The molecule has 6 heteroatoms. The van der Waals surface area contributed by atoms with Crippen molar-refractivity contribution in [3.8, 4) is 22.3 Å². The van der Waals surface area contributed by atoms with E-state index in [0.717, 1.165) is 74.1 Å². The first-order valence-electron chi connectivity index (χ1n) is 16.9. The van der Waals surface area contributed by atoms with E-state index in [2.05, 4.69) is 116 Å². The molecule has 4 rings (SSSR count). The van der Waals surface area contributed by atoms with Crippen molar-refractivity contribution in [2.24, 2.45) is 0 Å². The molecule has 248 valence electrons. The summed E-state index contributed by atoms with van der Waals surface area (Å²) in [5.74, 6) is 0. The topological polar surface area (TPSA) is 121 Å². The highest BCUT2D eigenvalue weighted by Crippen LogP contribution is 2.34. The van der Waals surface area contributed by atoms with Crippen LogP contribution in [0.5, 0.6) is 0 Å². The minimum atomic E-state index is 0.954. The third-order valence-corrected chi connectivity index (χ3v) is 9.12. The molecule has 4 aromatic rings. The molecule has 0 aliphatic rings. The summed E-state index contributed by atoms with van der Waals surface area (Å²) in [4.78, 5) is 0. The molecule has 0 saturated carbocycles. The molecule has 8 N–H and O–H groups in total. The van der Waals surface area contributed by atoms with Gasteiger partial charge in [-0.3, -0.25) is 0 Å². The molecule has 46 heavy (non-hydrogen) atoms. The van der Waals surface area contributed by atoms with Gasteiger partial charge in [-0.1, -0.05) is 55.4 Å². The third-order valence-electron chi connectivity index (χ3n) is 9.12. The quantitative estimate of drug-likeness (QED) is 0.128. The number of hydrogen-bond acceptors (Lipinski definition) is 6. The van der Waals surface area contributed by atoms with Crippen molar-refractivity contribution in [2.75, 3.05) is 22.9 Å². The Bertz CT molecular complexity index is 1270. The highest BCUT2D eigenvalue weighted by Gasteiger charge is 2.13. The van der Waals surface area contributed by atoms with Crippen LogP contribution in [0.3, 0.4) is 0 Å². The highest BCUT2D eigenvalue weighted by atomic mass is 32.1. The number of benzene rings is 4. The molecule has 0 amide bonds. The molecule has 0 bridgehead atoms. The van der Waals surface area contributed by atoms with Crippen molar-refractivity contribution in [2.45, 2.75) is 107 Å². The van der Waals surface area contributed by atoms with Crippen molar-refractivity contribution < 1.29 is 4.21 Å². The van der Waals surface area contributed by atoms with Gasteiger partial charge < -0.3 is 22.9 Å². The second kappa shape index (κ2) is 18.3. The number of anilines is 4. The summed E-state index contributed by atoms with van der Waals surface area (Å²) in [7, 11) is 0. The Morgan fingerprint density at radius 2 is 0.435 bits per heavy atom. The fourth-order valence-corrected chi connectivity index (χ4v) is 6.12. The summed E-state index contributed by atoms with van der Waals surface area (Å²) < 4.78 is 7.83. The zero-order chi connectivity index (χ0) is 34.6. The fourth-order valence-electron chi connectivity index (χ4n) is 6.12. The number of nitrogen functional groups attached to an aromatic ring is 4.